The van der Waals surface area contributed by atoms with Crippen LogP contribution in [0.5, 0.6) is 0 Å². The average molecular weight is 302 g/mol. The number of rotatable bonds is 4. The Balaban J connectivity index is 2.31. The van der Waals surface area contributed by atoms with E-state index in [0.29, 0.717) is 22.2 Å². The molecule has 1 aromatic carbocycles. The molecule has 0 saturated heterocycles. The van der Waals surface area contributed by atoms with E-state index in [2.05, 4.69) is 0 Å². The molecular weight excluding hydrogens is 289 g/mol. The molecule has 0 fully saturated rings. The summed E-state index contributed by atoms with van der Waals surface area (Å²) in [5, 5.41) is 13.4. The molecule has 18 heavy (non-hydrogen) atoms. The number of aliphatic hydroxyl groups excluding tert-OH is 1. The van der Waals surface area contributed by atoms with E-state index in [0.717, 1.165) is 4.88 Å². The van der Waals surface area contributed by atoms with E-state index < -0.39 is 6.10 Å². The Kier molecular flexibility index (Phi) is 4.65. The minimum Gasteiger partial charge on any atom is -0.388 e. The highest BCUT2D eigenvalue weighted by molar-refractivity contribution is 7.10. The molecule has 0 spiro atoms. The fraction of sp³-hybridized carbons (Fsp3) is 0.231. The van der Waals surface area contributed by atoms with Gasteiger partial charge in [0.2, 0.25) is 0 Å². The second-order valence-corrected chi connectivity index (χ2v) is 5.79. The van der Waals surface area contributed by atoms with E-state index in [-0.39, 0.29) is 5.92 Å². The third-order valence-electron chi connectivity index (χ3n) is 2.82. The van der Waals surface area contributed by atoms with Crippen molar-refractivity contribution in [2.75, 3.05) is 6.54 Å². The molecule has 1 heterocycles. The van der Waals surface area contributed by atoms with Gasteiger partial charge in [-0.25, -0.2) is 0 Å². The summed E-state index contributed by atoms with van der Waals surface area (Å²) in [7, 11) is 0. The van der Waals surface area contributed by atoms with Crippen LogP contribution in [0.4, 0.5) is 0 Å². The maximum atomic E-state index is 10.4. The third-order valence-corrected chi connectivity index (χ3v) is 4.39. The molecule has 2 rings (SSSR count). The Bertz CT molecular complexity index is 516. The summed E-state index contributed by atoms with van der Waals surface area (Å²) in [5.41, 5.74) is 6.42. The monoisotopic (exact) mass is 301 g/mol. The van der Waals surface area contributed by atoms with Crippen molar-refractivity contribution in [2.24, 2.45) is 5.73 Å². The van der Waals surface area contributed by atoms with Crippen molar-refractivity contribution in [1.82, 2.24) is 0 Å². The lowest BCUT2D eigenvalue weighted by Gasteiger charge is -2.21. The topological polar surface area (TPSA) is 46.2 Å². The zero-order valence-corrected chi connectivity index (χ0v) is 11.8. The Morgan fingerprint density at radius 1 is 1.28 bits per heavy atom. The number of nitrogens with two attached hydrogens (primary N) is 1. The Morgan fingerprint density at radius 3 is 2.61 bits per heavy atom. The molecule has 2 unspecified atom stereocenters. The number of hydrogen-bond acceptors (Lipinski definition) is 3. The molecule has 0 aliphatic rings. The minimum absolute atomic E-state index is 0.149. The summed E-state index contributed by atoms with van der Waals surface area (Å²) in [6.07, 6.45) is -0.724. The quantitative estimate of drug-likeness (QED) is 0.901. The van der Waals surface area contributed by atoms with Crippen LogP contribution in [0, 0.1) is 0 Å². The summed E-state index contributed by atoms with van der Waals surface area (Å²) >= 11 is 13.5. The number of hydrogen-bond donors (Lipinski definition) is 2. The SMILES string of the molecule is NCC(c1cccs1)C(O)c1ccc(Cl)cc1Cl. The molecule has 0 aliphatic carbocycles. The first-order valence-corrected chi connectivity index (χ1v) is 7.13. The number of thiophene rings is 1. The normalized spacial score (nSPS) is 14.4. The maximum absolute atomic E-state index is 10.4. The zero-order chi connectivity index (χ0) is 13.1. The molecule has 5 heteroatoms. The summed E-state index contributed by atoms with van der Waals surface area (Å²) in [6.45, 7) is 0.362. The Labute approximate surface area is 120 Å². The first-order chi connectivity index (χ1) is 8.63. The van der Waals surface area contributed by atoms with Crippen molar-refractivity contribution < 1.29 is 5.11 Å². The first kappa shape index (κ1) is 13.8. The highest BCUT2D eigenvalue weighted by Gasteiger charge is 2.24. The predicted molar refractivity (Wildman–Crippen MR) is 77.5 cm³/mol. The maximum Gasteiger partial charge on any atom is 0.0892 e. The second-order valence-electron chi connectivity index (χ2n) is 3.97. The third kappa shape index (κ3) is 2.87. The van der Waals surface area contributed by atoms with Gasteiger partial charge in [0, 0.05) is 27.4 Å². The average Bonchev–Trinajstić information content (AvgIpc) is 2.83. The molecule has 0 saturated carbocycles. The van der Waals surface area contributed by atoms with Gasteiger partial charge in [0.1, 0.15) is 0 Å². The summed E-state index contributed by atoms with van der Waals surface area (Å²) in [6, 6.07) is 9.00. The number of aliphatic hydroxyl groups is 1. The van der Waals surface area contributed by atoms with Gasteiger partial charge in [0.05, 0.1) is 6.10 Å². The van der Waals surface area contributed by atoms with Gasteiger partial charge in [-0.3, -0.25) is 0 Å². The van der Waals surface area contributed by atoms with Gasteiger partial charge in [0.15, 0.2) is 0 Å². The van der Waals surface area contributed by atoms with Crippen molar-refractivity contribution in [3.05, 3.63) is 56.2 Å². The van der Waals surface area contributed by atoms with Crippen LogP contribution in [-0.4, -0.2) is 11.7 Å². The van der Waals surface area contributed by atoms with Gasteiger partial charge in [-0.15, -0.1) is 11.3 Å². The standard InChI is InChI=1S/C13H13Cl2NOS/c14-8-3-4-9(11(15)6-8)13(17)10(7-16)12-2-1-5-18-12/h1-6,10,13,17H,7,16H2. The van der Waals surface area contributed by atoms with Crippen LogP contribution in [-0.2, 0) is 0 Å². The van der Waals surface area contributed by atoms with Crippen LogP contribution in [0.15, 0.2) is 35.7 Å². The molecule has 0 amide bonds. The van der Waals surface area contributed by atoms with Crippen LogP contribution in [0.25, 0.3) is 0 Å². The highest BCUT2D eigenvalue weighted by Crippen LogP contribution is 2.36. The van der Waals surface area contributed by atoms with Crippen LogP contribution < -0.4 is 5.73 Å². The molecule has 0 radical (unpaired) electrons. The summed E-state index contributed by atoms with van der Waals surface area (Å²) in [4.78, 5) is 1.05. The molecule has 3 N–H and O–H groups in total. The van der Waals surface area contributed by atoms with Crippen molar-refractivity contribution in [1.29, 1.82) is 0 Å². The van der Waals surface area contributed by atoms with Gasteiger partial charge in [0.25, 0.3) is 0 Å². The first-order valence-electron chi connectivity index (χ1n) is 5.50. The van der Waals surface area contributed by atoms with E-state index in [4.69, 9.17) is 28.9 Å². The van der Waals surface area contributed by atoms with E-state index >= 15 is 0 Å². The van der Waals surface area contributed by atoms with Gasteiger partial charge in [-0.1, -0.05) is 35.3 Å². The van der Waals surface area contributed by atoms with Crippen molar-refractivity contribution in [3.63, 3.8) is 0 Å². The lowest BCUT2D eigenvalue weighted by atomic mass is 9.94. The van der Waals surface area contributed by atoms with E-state index in [1.165, 1.54) is 0 Å². The Hall–Kier alpha value is -0.580. The zero-order valence-electron chi connectivity index (χ0n) is 9.51. The van der Waals surface area contributed by atoms with Gasteiger partial charge >= 0.3 is 0 Å². The van der Waals surface area contributed by atoms with Gasteiger partial charge in [-0.05, 0) is 29.1 Å². The second kappa shape index (κ2) is 6.04. The van der Waals surface area contributed by atoms with E-state index in [1.54, 1.807) is 29.5 Å². The molecule has 2 aromatic rings. The van der Waals surface area contributed by atoms with Crippen molar-refractivity contribution in [3.8, 4) is 0 Å². The highest BCUT2D eigenvalue weighted by atomic mass is 35.5. The van der Waals surface area contributed by atoms with E-state index in [1.807, 2.05) is 17.5 Å². The van der Waals surface area contributed by atoms with Crippen LogP contribution in [0.1, 0.15) is 22.5 Å². The van der Waals surface area contributed by atoms with Crippen LogP contribution in [0.2, 0.25) is 10.0 Å². The largest absolute Gasteiger partial charge is 0.388 e. The van der Waals surface area contributed by atoms with Crippen LogP contribution >= 0.6 is 34.5 Å². The van der Waals surface area contributed by atoms with Gasteiger partial charge < -0.3 is 10.8 Å². The molecule has 0 bridgehead atoms. The molecule has 2 nitrogen and oxygen atoms in total. The van der Waals surface area contributed by atoms with Crippen molar-refractivity contribution >= 4 is 34.5 Å². The number of halogens is 2. The summed E-state index contributed by atoms with van der Waals surface area (Å²) < 4.78 is 0. The Morgan fingerprint density at radius 2 is 2.06 bits per heavy atom. The van der Waals surface area contributed by atoms with Crippen LogP contribution in [0.3, 0.4) is 0 Å². The lowest BCUT2D eigenvalue weighted by Crippen LogP contribution is -2.19. The fourth-order valence-electron chi connectivity index (χ4n) is 1.86. The van der Waals surface area contributed by atoms with E-state index in [9.17, 15) is 5.11 Å². The molecule has 1 aromatic heterocycles. The number of benzene rings is 1. The molecule has 96 valence electrons. The molecule has 0 aliphatic heterocycles. The molecular formula is C13H13Cl2NOS. The summed E-state index contributed by atoms with van der Waals surface area (Å²) in [5.74, 6) is -0.149. The predicted octanol–water partition coefficient (Wildman–Crippen LogP) is 3.83. The smallest absolute Gasteiger partial charge is 0.0892 e. The fourth-order valence-corrected chi connectivity index (χ4v) is 3.25. The minimum atomic E-state index is -0.724. The van der Waals surface area contributed by atoms with Gasteiger partial charge in [-0.2, -0.15) is 0 Å². The van der Waals surface area contributed by atoms with Crippen molar-refractivity contribution in [2.45, 2.75) is 12.0 Å². The molecule has 2 atom stereocenters. The lowest BCUT2D eigenvalue weighted by molar-refractivity contribution is 0.149.